The molecule has 0 aliphatic heterocycles. The van der Waals surface area contributed by atoms with Crippen LogP contribution in [0.15, 0.2) is 0 Å². The minimum atomic E-state index is -6.99. The van der Waals surface area contributed by atoms with Crippen LogP contribution in [0.4, 0.5) is 48.3 Å². The van der Waals surface area contributed by atoms with E-state index in [0.29, 0.717) is 0 Å². The van der Waals surface area contributed by atoms with Crippen LogP contribution in [-0.2, 0) is 4.74 Å². The number of hydrogen-bond donors (Lipinski definition) is 0. The molecule has 0 aliphatic rings. The topological polar surface area (TPSA) is 9.23 Å². The third-order valence-corrected chi connectivity index (χ3v) is 2.01. The van der Waals surface area contributed by atoms with E-state index in [4.69, 9.17) is 0 Å². The lowest BCUT2D eigenvalue weighted by Gasteiger charge is -2.34. The maximum atomic E-state index is 13.2. The lowest BCUT2D eigenvalue weighted by atomic mass is 10.1. The SMILES string of the molecule is CCCC(F)(OC(F)(F)C(F)(F)C(F)(F)F)C(F)(F)F. The van der Waals surface area contributed by atoms with Gasteiger partial charge in [0.05, 0.1) is 0 Å². The van der Waals surface area contributed by atoms with Crippen LogP contribution in [0.2, 0.25) is 0 Å². The van der Waals surface area contributed by atoms with Crippen molar-refractivity contribution in [1.29, 1.82) is 0 Å². The molecular weight excluding hydrogens is 321 g/mol. The molecule has 0 aromatic rings. The van der Waals surface area contributed by atoms with Gasteiger partial charge in [0.2, 0.25) is 0 Å². The van der Waals surface area contributed by atoms with Crippen LogP contribution in [0, 0.1) is 0 Å². The summed E-state index contributed by atoms with van der Waals surface area (Å²) in [5.41, 5.74) is 0. The van der Waals surface area contributed by atoms with Gasteiger partial charge in [-0.15, -0.1) is 0 Å². The van der Waals surface area contributed by atoms with Crippen LogP contribution < -0.4 is 0 Å². The number of rotatable bonds is 5. The highest BCUT2D eigenvalue weighted by molar-refractivity contribution is 4.89. The molecule has 0 aliphatic carbocycles. The van der Waals surface area contributed by atoms with Gasteiger partial charge in [0, 0.05) is 6.42 Å². The van der Waals surface area contributed by atoms with Gasteiger partial charge in [0.15, 0.2) is 0 Å². The monoisotopic (exact) mass is 328 g/mol. The van der Waals surface area contributed by atoms with Gasteiger partial charge < -0.3 is 0 Å². The van der Waals surface area contributed by atoms with E-state index in [2.05, 4.69) is 4.74 Å². The largest absolute Gasteiger partial charge is 0.462 e. The summed E-state index contributed by atoms with van der Waals surface area (Å²) in [5, 5.41) is 0. The molecule has 122 valence electrons. The number of hydrogen-bond acceptors (Lipinski definition) is 1. The predicted octanol–water partition coefficient (Wildman–Crippen LogP) is 4.82. The Balaban J connectivity index is 5.54. The average molecular weight is 328 g/mol. The minimum Gasteiger partial charge on any atom is -0.269 e. The summed E-state index contributed by atoms with van der Waals surface area (Å²) in [4.78, 5) is 0. The normalized spacial score (nSPS) is 18.0. The second-order valence-electron chi connectivity index (χ2n) is 3.67. The van der Waals surface area contributed by atoms with Crippen molar-refractivity contribution in [2.24, 2.45) is 0 Å². The van der Waals surface area contributed by atoms with Crippen LogP contribution >= 0.6 is 0 Å². The van der Waals surface area contributed by atoms with Crippen molar-refractivity contribution < 1.29 is 53.0 Å². The van der Waals surface area contributed by atoms with Crippen LogP contribution in [0.5, 0.6) is 0 Å². The summed E-state index contributed by atoms with van der Waals surface area (Å²) in [7, 11) is 0. The van der Waals surface area contributed by atoms with Crippen molar-refractivity contribution in [3.05, 3.63) is 0 Å². The zero-order chi connectivity index (χ0) is 16.6. The maximum absolute atomic E-state index is 13.2. The first kappa shape index (κ1) is 19.2. The summed E-state index contributed by atoms with van der Waals surface area (Å²) < 4.78 is 137. The van der Waals surface area contributed by atoms with E-state index >= 15 is 0 Å². The van der Waals surface area contributed by atoms with E-state index in [9.17, 15) is 48.3 Å². The van der Waals surface area contributed by atoms with Gasteiger partial charge in [-0.05, 0) is 0 Å². The number of alkyl halides is 11. The van der Waals surface area contributed by atoms with Gasteiger partial charge >= 0.3 is 30.2 Å². The smallest absolute Gasteiger partial charge is 0.269 e. The first-order valence-electron chi connectivity index (χ1n) is 4.80. The molecule has 0 aromatic heterocycles. The molecule has 0 amide bonds. The zero-order valence-corrected chi connectivity index (χ0v) is 9.48. The fraction of sp³-hybridized carbons (Fsp3) is 1.00. The molecule has 0 aromatic carbocycles. The van der Waals surface area contributed by atoms with Crippen LogP contribution in [0.25, 0.3) is 0 Å². The van der Waals surface area contributed by atoms with Crippen molar-refractivity contribution in [2.75, 3.05) is 0 Å². The lowest BCUT2D eigenvalue weighted by molar-refractivity contribution is -0.483. The fourth-order valence-corrected chi connectivity index (χ4v) is 1.00. The van der Waals surface area contributed by atoms with Gasteiger partial charge in [-0.3, -0.25) is 4.74 Å². The first-order valence-corrected chi connectivity index (χ1v) is 4.80. The average Bonchev–Trinajstić information content (AvgIpc) is 2.12. The second-order valence-corrected chi connectivity index (χ2v) is 3.67. The van der Waals surface area contributed by atoms with Crippen molar-refractivity contribution in [3.63, 3.8) is 0 Å². The molecule has 0 bridgehead atoms. The molecule has 12 heteroatoms. The van der Waals surface area contributed by atoms with Crippen molar-refractivity contribution in [2.45, 2.75) is 50.0 Å². The molecule has 0 spiro atoms. The molecule has 0 saturated heterocycles. The van der Waals surface area contributed by atoms with Gasteiger partial charge in [-0.2, -0.15) is 43.9 Å². The van der Waals surface area contributed by atoms with Crippen LogP contribution in [0.3, 0.4) is 0 Å². The van der Waals surface area contributed by atoms with Crippen LogP contribution in [0.1, 0.15) is 19.8 Å². The Labute approximate surface area is 104 Å². The van der Waals surface area contributed by atoms with Gasteiger partial charge in [0.25, 0.3) is 0 Å². The Kier molecular flexibility index (Phi) is 4.98. The summed E-state index contributed by atoms with van der Waals surface area (Å²) in [5.74, 6) is -12.3. The Bertz CT molecular complexity index is 330. The molecule has 0 radical (unpaired) electrons. The number of halogens is 11. The molecule has 1 atom stereocenters. The molecular formula is C8H7F11O. The molecule has 0 fully saturated rings. The predicted molar refractivity (Wildman–Crippen MR) is 41.8 cm³/mol. The van der Waals surface area contributed by atoms with Gasteiger partial charge in [-0.1, -0.05) is 13.3 Å². The molecule has 20 heavy (non-hydrogen) atoms. The highest BCUT2D eigenvalue weighted by Gasteiger charge is 2.78. The number of ether oxygens (including phenoxy) is 1. The zero-order valence-electron chi connectivity index (χ0n) is 9.48. The molecule has 1 nitrogen and oxygen atoms in total. The fourth-order valence-electron chi connectivity index (χ4n) is 1.00. The summed E-state index contributed by atoms with van der Waals surface area (Å²) in [6.45, 7) is 0.851. The Morgan fingerprint density at radius 1 is 0.700 bits per heavy atom. The Morgan fingerprint density at radius 2 is 1.10 bits per heavy atom. The summed E-state index contributed by atoms with van der Waals surface area (Å²) in [6, 6.07) is 0. The molecule has 0 heterocycles. The van der Waals surface area contributed by atoms with Crippen molar-refractivity contribution in [1.82, 2.24) is 0 Å². The lowest BCUT2D eigenvalue weighted by Crippen LogP contribution is -2.59. The standard InChI is InChI=1S/C8H7F11O/c1-2-3-4(9,6(12,13)14)20-8(18,19)5(10,11)7(15,16)17/h2-3H2,1H3. The van der Waals surface area contributed by atoms with Crippen LogP contribution in [-0.4, -0.2) is 30.2 Å². The van der Waals surface area contributed by atoms with E-state index < -0.39 is 43.1 Å². The van der Waals surface area contributed by atoms with E-state index in [-0.39, 0.29) is 0 Å². The molecule has 0 rings (SSSR count). The van der Waals surface area contributed by atoms with E-state index in [1.165, 1.54) is 0 Å². The second kappa shape index (κ2) is 5.19. The third-order valence-electron chi connectivity index (χ3n) is 2.01. The Morgan fingerprint density at radius 3 is 1.35 bits per heavy atom. The summed E-state index contributed by atoms with van der Waals surface area (Å²) in [6.07, 6.45) is -22.5. The van der Waals surface area contributed by atoms with E-state index in [1.54, 1.807) is 0 Å². The van der Waals surface area contributed by atoms with E-state index in [0.717, 1.165) is 6.92 Å². The van der Waals surface area contributed by atoms with Crippen molar-refractivity contribution in [3.8, 4) is 0 Å². The highest BCUT2D eigenvalue weighted by Crippen LogP contribution is 2.51. The van der Waals surface area contributed by atoms with E-state index in [1.807, 2.05) is 0 Å². The summed E-state index contributed by atoms with van der Waals surface area (Å²) >= 11 is 0. The quantitative estimate of drug-likeness (QED) is 0.658. The van der Waals surface area contributed by atoms with Gasteiger partial charge in [-0.25, -0.2) is 4.39 Å². The Hall–Kier alpha value is -0.810. The van der Waals surface area contributed by atoms with Gasteiger partial charge in [0.1, 0.15) is 0 Å². The molecule has 0 saturated carbocycles. The van der Waals surface area contributed by atoms with Crippen molar-refractivity contribution >= 4 is 0 Å². The molecule has 1 unspecified atom stereocenters. The highest BCUT2D eigenvalue weighted by atomic mass is 19.4. The minimum absolute atomic E-state index is 0.802. The first-order chi connectivity index (χ1) is 8.52. The third kappa shape index (κ3) is 3.44. The maximum Gasteiger partial charge on any atom is 0.462 e. The molecule has 0 N–H and O–H groups in total.